The first kappa shape index (κ1) is 8.06. The van der Waals surface area contributed by atoms with Gasteiger partial charge in [0, 0.05) is 4.47 Å². The number of rotatable bonds is 2. The molecule has 0 aromatic heterocycles. The highest BCUT2D eigenvalue weighted by molar-refractivity contribution is 9.10. The largest absolute Gasteiger partial charge is 0.0985 e. The van der Waals surface area contributed by atoms with Gasteiger partial charge in [0.2, 0.25) is 0 Å². The van der Waals surface area contributed by atoms with Crippen LogP contribution in [-0.4, -0.2) is 0 Å². The fraction of sp³-hybridized carbons (Fsp3) is 0.273. The summed E-state index contributed by atoms with van der Waals surface area (Å²) in [6, 6.07) is 6.30. The first-order valence-corrected chi connectivity index (χ1v) is 5.03. The Kier molecular flexibility index (Phi) is 2.05. The van der Waals surface area contributed by atoms with E-state index in [1.54, 1.807) is 0 Å². The molecule has 0 nitrogen and oxygen atoms in total. The van der Waals surface area contributed by atoms with Crippen LogP contribution in [-0.2, 0) is 0 Å². The van der Waals surface area contributed by atoms with E-state index in [0.29, 0.717) is 0 Å². The standard InChI is InChI=1S/C11H11Br/c1-2-8-4-3-5-10(12)11(8)9-6-7-9/h2-5,9H,1,6-7H2. The topological polar surface area (TPSA) is 0 Å². The van der Waals surface area contributed by atoms with Crippen LogP contribution < -0.4 is 0 Å². The van der Waals surface area contributed by atoms with Gasteiger partial charge in [-0.3, -0.25) is 0 Å². The van der Waals surface area contributed by atoms with Crippen LogP contribution in [0, 0.1) is 0 Å². The lowest BCUT2D eigenvalue weighted by molar-refractivity contribution is 1.11. The molecule has 1 aliphatic carbocycles. The van der Waals surface area contributed by atoms with Crippen molar-refractivity contribution in [3.8, 4) is 0 Å². The number of halogens is 1. The van der Waals surface area contributed by atoms with Gasteiger partial charge in [-0.1, -0.05) is 40.7 Å². The van der Waals surface area contributed by atoms with Gasteiger partial charge in [0.15, 0.2) is 0 Å². The Morgan fingerprint density at radius 1 is 1.42 bits per heavy atom. The average molecular weight is 223 g/mol. The first-order chi connectivity index (χ1) is 5.83. The molecule has 0 unspecified atom stereocenters. The molecule has 12 heavy (non-hydrogen) atoms. The molecule has 0 N–H and O–H groups in total. The monoisotopic (exact) mass is 222 g/mol. The van der Waals surface area contributed by atoms with Crippen LogP contribution in [0.4, 0.5) is 0 Å². The SMILES string of the molecule is C=Cc1cccc(Br)c1C1CC1. The molecule has 0 aliphatic heterocycles. The molecule has 0 bridgehead atoms. The van der Waals surface area contributed by atoms with E-state index in [9.17, 15) is 0 Å². The number of benzene rings is 1. The summed E-state index contributed by atoms with van der Waals surface area (Å²) in [6.45, 7) is 3.82. The molecule has 1 aliphatic rings. The molecular weight excluding hydrogens is 212 g/mol. The third-order valence-corrected chi connectivity index (χ3v) is 2.98. The van der Waals surface area contributed by atoms with Crippen LogP contribution in [0.3, 0.4) is 0 Å². The lowest BCUT2D eigenvalue weighted by Gasteiger charge is -2.06. The summed E-state index contributed by atoms with van der Waals surface area (Å²) in [6.07, 6.45) is 4.62. The maximum atomic E-state index is 3.82. The second kappa shape index (κ2) is 3.06. The molecule has 0 amide bonds. The summed E-state index contributed by atoms with van der Waals surface area (Å²) < 4.78 is 1.24. The predicted octanol–water partition coefficient (Wildman–Crippen LogP) is 3.97. The van der Waals surface area contributed by atoms with E-state index in [1.807, 2.05) is 6.08 Å². The van der Waals surface area contributed by atoms with Crippen molar-refractivity contribution in [3.63, 3.8) is 0 Å². The average Bonchev–Trinajstić information content (AvgIpc) is 2.87. The molecule has 0 spiro atoms. The van der Waals surface area contributed by atoms with E-state index < -0.39 is 0 Å². The van der Waals surface area contributed by atoms with Crippen LogP contribution in [0.2, 0.25) is 0 Å². The predicted molar refractivity (Wildman–Crippen MR) is 56.2 cm³/mol. The third-order valence-electron chi connectivity index (χ3n) is 2.29. The van der Waals surface area contributed by atoms with Gasteiger partial charge in [0.25, 0.3) is 0 Å². The Balaban J connectivity index is 2.52. The van der Waals surface area contributed by atoms with Crippen molar-refractivity contribution in [1.82, 2.24) is 0 Å². The molecular formula is C11H11Br. The zero-order valence-electron chi connectivity index (χ0n) is 6.89. The summed E-state index contributed by atoms with van der Waals surface area (Å²) >= 11 is 3.58. The lowest BCUT2D eigenvalue weighted by atomic mass is 10.0. The lowest BCUT2D eigenvalue weighted by Crippen LogP contribution is -1.86. The second-order valence-electron chi connectivity index (χ2n) is 3.22. The van der Waals surface area contributed by atoms with Crippen molar-refractivity contribution in [3.05, 3.63) is 40.4 Å². The molecule has 1 aromatic rings. The maximum absolute atomic E-state index is 3.82. The van der Waals surface area contributed by atoms with Crippen LogP contribution in [0.15, 0.2) is 29.3 Å². The van der Waals surface area contributed by atoms with E-state index in [1.165, 1.54) is 28.4 Å². The van der Waals surface area contributed by atoms with Crippen LogP contribution in [0.25, 0.3) is 6.08 Å². The van der Waals surface area contributed by atoms with Crippen molar-refractivity contribution in [1.29, 1.82) is 0 Å². The fourth-order valence-electron chi connectivity index (χ4n) is 1.53. The fourth-order valence-corrected chi connectivity index (χ4v) is 2.24. The minimum atomic E-state index is 0.786. The summed E-state index contributed by atoms with van der Waals surface area (Å²) in [5.74, 6) is 0.786. The van der Waals surface area contributed by atoms with Gasteiger partial charge in [-0.05, 0) is 36.0 Å². The van der Waals surface area contributed by atoms with Crippen molar-refractivity contribution in [2.45, 2.75) is 18.8 Å². The van der Waals surface area contributed by atoms with Gasteiger partial charge in [0.1, 0.15) is 0 Å². The molecule has 1 heteroatoms. The van der Waals surface area contributed by atoms with Gasteiger partial charge in [-0.15, -0.1) is 0 Å². The normalized spacial score (nSPS) is 16.1. The van der Waals surface area contributed by atoms with Gasteiger partial charge in [-0.25, -0.2) is 0 Å². The maximum Gasteiger partial charge on any atom is 0.0216 e. The molecule has 62 valence electrons. The Hall–Kier alpha value is -0.560. The molecule has 1 aromatic carbocycles. The molecule has 0 heterocycles. The molecule has 1 saturated carbocycles. The van der Waals surface area contributed by atoms with Crippen molar-refractivity contribution < 1.29 is 0 Å². The quantitative estimate of drug-likeness (QED) is 0.711. The summed E-state index contributed by atoms with van der Waals surface area (Å²) in [5.41, 5.74) is 2.74. The van der Waals surface area contributed by atoms with E-state index in [-0.39, 0.29) is 0 Å². The highest BCUT2D eigenvalue weighted by Gasteiger charge is 2.26. The van der Waals surface area contributed by atoms with E-state index in [2.05, 4.69) is 40.7 Å². The highest BCUT2D eigenvalue weighted by Crippen LogP contribution is 2.45. The minimum absolute atomic E-state index is 0.786. The van der Waals surface area contributed by atoms with Crippen LogP contribution >= 0.6 is 15.9 Å². The van der Waals surface area contributed by atoms with Crippen molar-refractivity contribution in [2.24, 2.45) is 0 Å². The molecule has 1 fully saturated rings. The zero-order valence-corrected chi connectivity index (χ0v) is 8.47. The third kappa shape index (κ3) is 1.34. The second-order valence-corrected chi connectivity index (χ2v) is 4.08. The van der Waals surface area contributed by atoms with Crippen molar-refractivity contribution in [2.75, 3.05) is 0 Å². The molecule has 2 rings (SSSR count). The Bertz CT molecular complexity index is 311. The van der Waals surface area contributed by atoms with E-state index in [4.69, 9.17) is 0 Å². The molecule has 0 radical (unpaired) electrons. The first-order valence-electron chi connectivity index (χ1n) is 4.24. The molecule has 0 atom stereocenters. The van der Waals surface area contributed by atoms with Crippen molar-refractivity contribution >= 4 is 22.0 Å². The van der Waals surface area contributed by atoms with Gasteiger partial charge >= 0.3 is 0 Å². The summed E-state index contributed by atoms with van der Waals surface area (Å²) in [7, 11) is 0. The summed E-state index contributed by atoms with van der Waals surface area (Å²) in [4.78, 5) is 0. The van der Waals surface area contributed by atoms with Crippen LogP contribution in [0.5, 0.6) is 0 Å². The van der Waals surface area contributed by atoms with Gasteiger partial charge in [-0.2, -0.15) is 0 Å². The smallest absolute Gasteiger partial charge is 0.0216 e. The number of hydrogen-bond acceptors (Lipinski definition) is 0. The zero-order chi connectivity index (χ0) is 8.55. The molecule has 0 saturated heterocycles. The Morgan fingerprint density at radius 2 is 2.17 bits per heavy atom. The van der Waals surface area contributed by atoms with Gasteiger partial charge < -0.3 is 0 Å². The Morgan fingerprint density at radius 3 is 2.75 bits per heavy atom. The highest BCUT2D eigenvalue weighted by atomic mass is 79.9. The summed E-state index contributed by atoms with van der Waals surface area (Å²) in [5, 5.41) is 0. The Labute approximate surface area is 81.4 Å². The van der Waals surface area contributed by atoms with E-state index >= 15 is 0 Å². The van der Waals surface area contributed by atoms with Gasteiger partial charge in [0.05, 0.1) is 0 Å². The van der Waals surface area contributed by atoms with Crippen LogP contribution in [0.1, 0.15) is 29.9 Å². The number of hydrogen-bond donors (Lipinski definition) is 0. The van der Waals surface area contributed by atoms with E-state index in [0.717, 1.165) is 5.92 Å². The minimum Gasteiger partial charge on any atom is -0.0985 e.